The first-order valence-corrected chi connectivity index (χ1v) is 10.2. The smallest absolute Gasteiger partial charge is 0.338 e. The third kappa shape index (κ3) is 7.62. The van der Waals surface area contributed by atoms with E-state index in [-0.39, 0.29) is 23.3 Å². The number of ether oxygens (including phenoxy) is 1. The Morgan fingerprint density at radius 2 is 1.61 bits per heavy atom. The van der Waals surface area contributed by atoms with Crippen molar-refractivity contribution in [1.82, 2.24) is 0 Å². The Labute approximate surface area is 173 Å². The van der Waals surface area contributed by atoms with Gasteiger partial charge >= 0.3 is 5.97 Å². The molecule has 0 unspecified atom stereocenters. The quantitative estimate of drug-likeness (QED) is 0.593. The first-order valence-electron chi connectivity index (χ1n) is 8.68. The molecule has 0 fully saturated rings. The highest BCUT2D eigenvalue weighted by Gasteiger charge is 2.10. The van der Waals surface area contributed by atoms with Crippen molar-refractivity contribution in [3.63, 3.8) is 0 Å². The average molecular weight is 421 g/mol. The summed E-state index contributed by atoms with van der Waals surface area (Å²) in [5, 5.41) is 6.03. The largest absolute Gasteiger partial charge is 0.462 e. The first-order chi connectivity index (χ1) is 13.5. The summed E-state index contributed by atoms with van der Waals surface area (Å²) >= 11 is 6.99. The highest BCUT2D eigenvalue weighted by molar-refractivity contribution is 8.00. The van der Waals surface area contributed by atoms with Crippen molar-refractivity contribution in [1.29, 1.82) is 0 Å². The van der Waals surface area contributed by atoms with Gasteiger partial charge in [0.2, 0.25) is 11.8 Å². The van der Waals surface area contributed by atoms with Gasteiger partial charge in [-0.2, -0.15) is 0 Å². The number of benzene rings is 2. The second kappa shape index (κ2) is 11.4. The van der Waals surface area contributed by atoms with Gasteiger partial charge in [0.25, 0.3) is 0 Å². The number of hydrogen-bond acceptors (Lipinski definition) is 5. The molecule has 6 nitrogen and oxygen atoms in total. The summed E-state index contributed by atoms with van der Waals surface area (Å²) in [6.45, 7) is 2.27. The predicted octanol–water partition coefficient (Wildman–Crippen LogP) is 4.22. The summed E-state index contributed by atoms with van der Waals surface area (Å²) in [5.74, 6) is -0.645. The molecule has 2 N–H and O–H groups in total. The van der Waals surface area contributed by atoms with Crippen LogP contribution in [0.15, 0.2) is 48.5 Å². The molecule has 0 saturated heterocycles. The maximum absolute atomic E-state index is 12.0. The molecule has 2 amide bonds. The standard InChI is InChI=1S/C20H21ClN2O4S/c1-2-10-27-20(26)14-4-3-5-17(11-14)23-19(25)13-28-12-18(24)22-16-8-6-15(21)7-9-16/h3-9,11H,2,10,12-13H2,1H3,(H,22,24)(H,23,25). The summed E-state index contributed by atoms with van der Waals surface area (Å²) in [7, 11) is 0. The molecule has 0 heterocycles. The van der Waals surface area contributed by atoms with Crippen LogP contribution in [0.4, 0.5) is 11.4 Å². The zero-order chi connectivity index (χ0) is 20.4. The second-order valence-electron chi connectivity index (χ2n) is 5.81. The molecular weight excluding hydrogens is 400 g/mol. The van der Waals surface area contributed by atoms with Crippen molar-refractivity contribution >= 4 is 52.5 Å². The maximum Gasteiger partial charge on any atom is 0.338 e. The lowest BCUT2D eigenvalue weighted by Gasteiger charge is -2.08. The number of carbonyl (C=O) groups is 3. The molecule has 2 aromatic carbocycles. The fraction of sp³-hybridized carbons (Fsp3) is 0.250. The fourth-order valence-corrected chi connectivity index (χ4v) is 2.91. The van der Waals surface area contributed by atoms with Gasteiger partial charge in [0, 0.05) is 16.4 Å². The lowest BCUT2D eigenvalue weighted by atomic mass is 10.2. The Morgan fingerprint density at radius 3 is 2.25 bits per heavy atom. The van der Waals surface area contributed by atoms with E-state index in [2.05, 4.69) is 10.6 Å². The number of hydrogen-bond donors (Lipinski definition) is 2. The van der Waals surface area contributed by atoms with E-state index in [9.17, 15) is 14.4 Å². The van der Waals surface area contributed by atoms with Crippen LogP contribution >= 0.6 is 23.4 Å². The van der Waals surface area contributed by atoms with Crippen molar-refractivity contribution in [2.75, 3.05) is 28.7 Å². The molecule has 0 spiro atoms. The van der Waals surface area contributed by atoms with E-state index in [0.29, 0.717) is 28.6 Å². The zero-order valence-corrected chi connectivity index (χ0v) is 16.9. The van der Waals surface area contributed by atoms with Crippen molar-refractivity contribution in [3.05, 3.63) is 59.1 Å². The molecule has 8 heteroatoms. The van der Waals surface area contributed by atoms with E-state index in [4.69, 9.17) is 16.3 Å². The van der Waals surface area contributed by atoms with Crippen LogP contribution < -0.4 is 10.6 Å². The van der Waals surface area contributed by atoms with Gasteiger partial charge in [0.1, 0.15) is 0 Å². The van der Waals surface area contributed by atoms with Gasteiger partial charge in [-0.15, -0.1) is 11.8 Å². The Bertz CT molecular complexity index is 827. The number of halogens is 1. The molecule has 0 aromatic heterocycles. The Kier molecular flexibility index (Phi) is 8.84. The van der Waals surface area contributed by atoms with Crippen molar-refractivity contribution < 1.29 is 19.1 Å². The molecule has 148 valence electrons. The van der Waals surface area contributed by atoms with Crippen molar-refractivity contribution in [2.24, 2.45) is 0 Å². The van der Waals surface area contributed by atoms with Crippen molar-refractivity contribution in [2.45, 2.75) is 13.3 Å². The van der Waals surface area contributed by atoms with E-state index in [1.807, 2.05) is 6.92 Å². The second-order valence-corrected chi connectivity index (χ2v) is 7.23. The minimum atomic E-state index is -0.425. The molecule has 0 aliphatic heterocycles. The highest BCUT2D eigenvalue weighted by atomic mass is 35.5. The van der Waals surface area contributed by atoms with Crippen LogP contribution in [0.1, 0.15) is 23.7 Å². The predicted molar refractivity (Wildman–Crippen MR) is 113 cm³/mol. The van der Waals surface area contributed by atoms with E-state index in [1.165, 1.54) is 11.8 Å². The monoisotopic (exact) mass is 420 g/mol. The molecule has 0 radical (unpaired) electrons. The number of amides is 2. The zero-order valence-electron chi connectivity index (χ0n) is 15.4. The summed E-state index contributed by atoms with van der Waals surface area (Å²) in [6.07, 6.45) is 0.741. The minimum Gasteiger partial charge on any atom is -0.462 e. The number of esters is 1. The Balaban J connectivity index is 1.75. The fourth-order valence-electron chi connectivity index (χ4n) is 2.17. The van der Waals surface area contributed by atoms with Gasteiger partial charge < -0.3 is 15.4 Å². The van der Waals surface area contributed by atoms with Gasteiger partial charge in [0.05, 0.1) is 23.7 Å². The summed E-state index contributed by atoms with van der Waals surface area (Å²) in [4.78, 5) is 35.8. The topological polar surface area (TPSA) is 84.5 Å². The molecule has 0 bridgehead atoms. The molecule has 0 aliphatic rings. The number of thioether (sulfide) groups is 1. The normalized spacial score (nSPS) is 10.2. The number of anilines is 2. The first kappa shape index (κ1) is 21.8. The number of rotatable bonds is 9. The molecule has 0 aliphatic carbocycles. The SMILES string of the molecule is CCCOC(=O)c1cccc(NC(=O)CSCC(=O)Nc2ccc(Cl)cc2)c1. The summed E-state index contributed by atoms with van der Waals surface area (Å²) in [5.41, 5.74) is 1.52. The van der Waals surface area contributed by atoms with Crippen LogP contribution in [-0.4, -0.2) is 35.9 Å². The lowest BCUT2D eigenvalue weighted by molar-refractivity contribution is -0.114. The molecule has 2 rings (SSSR count). The van der Waals surface area contributed by atoms with Crippen LogP contribution in [0.25, 0.3) is 0 Å². The van der Waals surface area contributed by atoms with Gasteiger partial charge in [-0.3, -0.25) is 9.59 Å². The number of nitrogens with one attached hydrogen (secondary N) is 2. The third-order valence-electron chi connectivity index (χ3n) is 3.41. The molecular formula is C20H21ClN2O4S. The third-order valence-corrected chi connectivity index (χ3v) is 4.60. The van der Waals surface area contributed by atoms with Crippen LogP contribution in [0.5, 0.6) is 0 Å². The van der Waals surface area contributed by atoms with Crippen LogP contribution in [0.2, 0.25) is 5.02 Å². The lowest BCUT2D eigenvalue weighted by Crippen LogP contribution is -2.18. The van der Waals surface area contributed by atoms with E-state index in [1.54, 1.807) is 48.5 Å². The van der Waals surface area contributed by atoms with Gasteiger partial charge in [-0.05, 0) is 48.9 Å². The van der Waals surface area contributed by atoms with Gasteiger partial charge in [-0.1, -0.05) is 24.6 Å². The molecule has 28 heavy (non-hydrogen) atoms. The van der Waals surface area contributed by atoms with E-state index in [0.717, 1.165) is 6.42 Å². The molecule has 2 aromatic rings. The van der Waals surface area contributed by atoms with Crippen molar-refractivity contribution in [3.8, 4) is 0 Å². The van der Waals surface area contributed by atoms with Crippen LogP contribution in [0, 0.1) is 0 Å². The highest BCUT2D eigenvalue weighted by Crippen LogP contribution is 2.15. The Hall–Kier alpha value is -2.51. The number of carbonyl (C=O) groups excluding carboxylic acids is 3. The maximum atomic E-state index is 12.0. The Morgan fingerprint density at radius 1 is 0.964 bits per heavy atom. The summed E-state index contributed by atoms with van der Waals surface area (Å²) in [6, 6.07) is 13.3. The van der Waals surface area contributed by atoms with Gasteiger partial charge in [-0.25, -0.2) is 4.79 Å². The average Bonchev–Trinajstić information content (AvgIpc) is 2.68. The van der Waals surface area contributed by atoms with Crippen LogP contribution in [0.3, 0.4) is 0 Å². The summed E-state index contributed by atoms with van der Waals surface area (Å²) < 4.78 is 5.08. The molecule has 0 atom stereocenters. The molecule has 0 saturated carbocycles. The van der Waals surface area contributed by atoms with Crippen LogP contribution in [-0.2, 0) is 14.3 Å². The van der Waals surface area contributed by atoms with E-state index < -0.39 is 5.97 Å². The van der Waals surface area contributed by atoms with Gasteiger partial charge in [0.15, 0.2) is 0 Å². The van der Waals surface area contributed by atoms with E-state index >= 15 is 0 Å². The minimum absolute atomic E-state index is 0.110.